The Kier molecular flexibility index (Phi) is 4.45. The van der Waals surface area contributed by atoms with Crippen LogP contribution < -0.4 is 44.1 Å². The van der Waals surface area contributed by atoms with Crippen molar-refractivity contribution in [1.29, 1.82) is 0 Å². The predicted molar refractivity (Wildman–Crippen MR) is 52.0 cm³/mol. The molecule has 1 aliphatic heterocycles. The summed E-state index contributed by atoms with van der Waals surface area (Å²) < 4.78 is 14.6. The molecule has 1 heterocycles. The summed E-state index contributed by atoms with van der Waals surface area (Å²) >= 11 is 0. The second kappa shape index (κ2) is 5.44. The number of carbonyl (C=O) groups excluding carboxylic acids is 1. The van der Waals surface area contributed by atoms with Crippen LogP contribution in [-0.4, -0.2) is 20.0 Å². The van der Waals surface area contributed by atoms with Crippen molar-refractivity contribution in [3.63, 3.8) is 0 Å². The molecule has 0 aromatic heterocycles. The van der Waals surface area contributed by atoms with E-state index in [9.17, 15) is 9.90 Å². The van der Waals surface area contributed by atoms with Gasteiger partial charge in [-0.2, -0.15) is 0 Å². The van der Waals surface area contributed by atoms with Gasteiger partial charge in [-0.3, -0.25) is 4.79 Å². The molecule has 84 valence electrons. The molecule has 0 fully saturated rings. The number of ketones is 1. The summed E-state index contributed by atoms with van der Waals surface area (Å²) in [6.45, 7) is 0. The van der Waals surface area contributed by atoms with Crippen LogP contribution in [0.5, 0.6) is 11.5 Å². The molecule has 0 spiro atoms. The third-order valence-electron chi connectivity index (χ3n) is 2.22. The van der Waals surface area contributed by atoms with E-state index in [4.69, 9.17) is 9.47 Å². The summed E-state index contributed by atoms with van der Waals surface area (Å²) in [5.41, 5.74) is 0.305. The van der Waals surface area contributed by atoms with Gasteiger partial charge in [0.25, 0.3) is 0 Å². The molecule has 0 bridgehead atoms. The Morgan fingerprint density at radius 1 is 1.35 bits per heavy atom. The zero-order valence-corrected chi connectivity index (χ0v) is 11.8. The van der Waals surface area contributed by atoms with Crippen LogP contribution in [0.25, 0.3) is 0 Å². The van der Waals surface area contributed by atoms with E-state index in [1.807, 2.05) is 0 Å². The van der Waals surface area contributed by atoms with Gasteiger partial charge in [0, 0.05) is 0 Å². The van der Waals surface area contributed by atoms with Gasteiger partial charge in [0.05, 0.1) is 18.6 Å². The number of rotatable bonds is 2. The summed E-state index contributed by atoms with van der Waals surface area (Å²) in [4.78, 5) is 11.7. The van der Waals surface area contributed by atoms with Gasteiger partial charge < -0.3 is 19.3 Å². The number of hydrogen-bond donors (Lipinski definition) is 0. The van der Waals surface area contributed by atoms with E-state index in [1.165, 1.54) is 14.2 Å². The molecule has 0 saturated heterocycles. The monoisotopic (exact) mass is 244 g/mol. The Labute approximate surface area is 120 Å². The molecule has 1 aliphatic rings. The van der Waals surface area contributed by atoms with E-state index < -0.39 is 11.7 Å². The molecule has 17 heavy (non-hydrogen) atoms. The molecule has 2 rings (SSSR count). The third-order valence-corrected chi connectivity index (χ3v) is 2.22. The van der Waals surface area contributed by atoms with Crippen LogP contribution in [0.3, 0.4) is 0 Å². The first kappa shape index (κ1) is 13.9. The van der Waals surface area contributed by atoms with Crippen LogP contribution in [0.4, 0.5) is 0 Å². The number of carbonyl (C=O) groups is 1. The van der Waals surface area contributed by atoms with Crippen molar-refractivity contribution in [3.05, 3.63) is 35.5 Å². The molecule has 6 heteroatoms. The minimum absolute atomic E-state index is 0. The molecule has 0 atom stereocenters. The van der Waals surface area contributed by atoms with Crippen molar-refractivity contribution in [2.24, 2.45) is 0 Å². The van der Waals surface area contributed by atoms with Gasteiger partial charge in [0.2, 0.25) is 5.78 Å². The minimum Gasteiger partial charge on any atom is -0.614 e. The van der Waals surface area contributed by atoms with Crippen molar-refractivity contribution >= 4 is 5.78 Å². The predicted octanol–water partition coefficient (Wildman–Crippen LogP) is -2.55. The number of para-hydroxylation sites is 1. The summed E-state index contributed by atoms with van der Waals surface area (Å²) in [6, 6.07) is 4.86. The smallest absolute Gasteiger partial charge is 0.614 e. The van der Waals surface area contributed by atoms with E-state index >= 15 is 0 Å². The summed E-state index contributed by atoms with van der Waals surface area (Å²) in [6.07, 6.45) is 0. The maximum absolute atomic E-state index is 11.7. The van der Waals surface area contributed by atoms with Crippen LogP contribution in [-0.2, 0) is 4.74 Å². The topological polar surface area (TPSA) is 67.8 Å². The zero-order chi connectivity index (χ0) is 11.7. The Hall–Kier alpha value is -1.17. The van der Waals surface area contributed by atoms with E-state index in [0.717, 1.165) is 0 Å². The van der Waals surface area contributed by atoms with Crippen molar-refractivity contribution < 1.29 is 53.7 Å². The summed E-state index contributed by atoms with van der Waals surface area (Å²) in [5, 5.41) is 11.2. The summed E-state index contributed by atoms with van der Waals surface area (Å²) in [5.74, 6) is -0.939. The number of methoxy groups -OCH3 is 2. The van der Waals surface area contributed by atoms with Gasteiger partial charge in [-0.05, 0) is 19.2 Å². The zero-order valence-electron chi connectivity index (χ0n) is 9.77. The Morgan fingerprint density at radius 3 is 2.65 bits per heavy atom. The normalized spacial score (nSPS) is 15.5. The molecule has 0 saturated carbocycles. The van der Waals surface area contributed by atoms with Crippen molar-refractivity contribution in [2.45, 2.75) is 0 Å². The van der Waals surface area contributed by atoms with Gasteiger partial charge in [0.15, 0.2) is 17.3 Å². The third kappa shape index (κ3) is 2.26. The first-order valence-electron chi connectivity index (χ1n) is 4.54. The van der Waals surface area contributed by atoms with Crippen LogP contribution in [0, 0.1) is 0 Å². The second-order valence-electron chi connectivity index (χ2n) is 3.09. The number of hydrogen-bond acceptors (Lipinski definition) is 5. The maximum Gasteiger partial charge on any atom is 1.00 e. The summed E-state index contributed by atoms with van der Waals surface area (Å²) in [7, 11) is 2.64. The van der Waals surface area contributed by atoms with Crippen LogP contribution in [0.2, 0.25) is 0 Å². The van der Waals surface area contributed by atoms with Crippen LogP contribution in [0.15, 0.2) is 29.9 Å². The Morgan fingerprint density at radius 2 is 2.06 bits per heavy atom. The van der Waals surface area contributed by atoms with Gasteiger partial charge in [0.1, 0.15) is 0 Å². The Balaban J connectivity index is 0.00000144. The van der Waals surface area contributed by atoms with Crippen LogP contribution in [0.1, 0.15) is 10.4 Å². The molecular weight excluding hydrogens is 235 g/mol. The number of Topliss-reactive ketones (excluding diaryl/α,β-unsaturated/α-hetero) is 1. The average molecular weight is 244 g/mol. The minimum atomic E-state index is -0.789. The fraction of sp³-hybridized carbons (Fsp3) is 0.182. The number of fused-ring (bicyclic) bond motifs is 1. The number of ether oxygens (including phenoxy) is 3. The number of allylic oxidation sites excluding steroid dienone is 1. The Bertz CT molecular complexity index is 481. The quantitative estimate of drug-likeness (QED) is 0.325. The van der Waals surface area contributed by atoms with Crippen molar-refractivity contribution in [3.8, 4) is 11.5 Å². The molecule has 0 radical (unpaired) electrons. The van der Waals surface area contributed by atoms with E-state index in [1.54, 1.807) is 18.2 Å². The first-order chi connectivity index (χ1) is 7.69. The molecule has 0 amide bonds. The molecule has 5 nitrogen and oxygen atoms in total. The second-order valence-corrected chi connectivity index (χ2v) is 3.09. The molecule has 0 N–H and O–H groups in total. The maximum atomic E-state index is 11.7. The van der Waals surface area contributed by atoms with E-state index in [0.29, 0.717) is 11.3 Å². The number of benzene rings is 1. The fourth-order valence-electron chi connectivity index (χ4n) is 1.46. The van der Waals surface area contributed by atoms with E-state index in [-0.39, 0.29) is 41.1 Å². The van der Waals surface area contributed by atoms with Gasteiger partial charge in [-0.15, -0.1) is 0 Å². The molecule has 0 aliphatic carbocycles. The molecular formula is C11H9NaO5. The standard InChI is InChI=1S/C11H10O5.Na/c1-14-7-5-3-4-6-8(12)10(11(13)15-2)16-9(6)7;/h3-5,13H,1-2H3;/q;+1/p-1/b11-10+;. The van der Waals surface area contributed by atoms with Gasteiger partial charge in [-0.25, -0.2) is 0 Å². The van der Waals surface area contributed by atoms with E-state index in [2.05, 4.69) is 4.74 Å². The van der Waals surface area contributed by atoms with Gasteiger partial charge in [-0.1, -0.05) is 6.07 Å². The SMILES string of the molecule is CO/C([O-])=C1/Oc2c(OC)cccc2C1=O.[Na+]. The largest absolute Gasteiger partial charge is 1.00 e. The van der Waals surface area contributed by atoms with Crippen LogP contribution >= 0.6 is 0 Å². The first-order valence-corrected chi connectivity index (χ1v) is 4.54. The molecule has 1 aromatic carbocycles. The van der Waals surface area contributed by atoms with Crippen molar-refractivity contribution in [2.75, 3.05) is 14.2 Å². The van der Waals surface area contributed by atoms with Crippen molar-refractivity contribution in [1.82, 2.24) is 0 Å². The molecule has 0 unspecified atom stereocenters. The average Bonchev–Trinajstić information content (AvgIpc) is 2.66. The fourth-order valence-corrected chi connectivity index (χ4v) is 1.46. The van der Waals surface area contributed by atoms with Gasteiger partial charge >= 0.3 is 29.6 Å². The molecule has 1 aromatic rings.